The molecule has 0 aliphatic carbocycles. The number of alkyl halides is 9. The maximum absolute atomic E-state index is 12.6. The highest BCUT2D eigenvalue weighted by Crippen LogP contribution is 2.33. The molecule has 0 amide bonds. The van der Waals surface area contributed by atoms with Crippen molar-refractivity contribution in [1.82, 2.24) is 15.0 Å². The first-order valence-electron chi connectivity index (χ1n) is 24.2. The largest absolute Gasteiger partial charge is 0.478 e. The van der Waals surface area contributed by atoms with Gasteiger partial charge in [0.2, 0.25) is 0 Å². The number of nitro groups is 2. The fraction of sp³-hybridized carbons (Fsp3) is 0.107. The van der Waals surface area contributed by atoms with Crippen molar-refractivity contribution in [2.24, 2.45) is 0 Å². The molecule has 91 heavy (non-hydrogen) atoms. The Bertz CT molecular complexity index is 3980. The zero-order chi connectivity index (χ0) is 68.9. The number of rotatable bonds is 12. The van der Waals surface area contributed by atoms with Crippen molar-refractivity contribution in [3.8, 4) is 22.5 Å². The van der Waals surface area contributed by atoms with E-state index in [1.807, 2.05) is 0 Å². The number of Topliss-reactive ketones (excluding diaryl/α,β-unsaturated/α-hetero) is 3. The van der Waals surface area contributed by atoms with Crippen molar-refractivity contribution in [3.05, 3.63) is 229 Å². The Morgan fingerprint density at radius 2 is 0.747 bits per heavy atom. The lowest BCUT2D eigenvalue weighted by Gasteiger charge is -2.09. The number of nitro benzene ring substituents is 2. The van der Waals surface area contributed by atoms with Gasteiger partial charge in [0.05, 0.1) is 32.4 Å². The van der Waals surface area contributed by atoms with Crippen LogP contribution >= 0.6 is 59.4 Å². The van der Waals surface area contributed by atoms with Gasteiger partial charge in [-0.2, -0.15) is 39.5 Å². The molecule has 0 saturated carbocycles. The summed E-state index contributed by atoms with van der Waals surface area (Å²) in [5.41, 5.74) is 14.3. The normalized spacial score (nSPS) is 10.7. The molecule has 11 N–H and O–H groups in total. The van der Waals surface area contributed by atoms with Crippen molar-refractivity contribution >= 4 is 117 Å². The highest BCUT2D eigenvalue weighted by atomic mass is 79.9. The molecule has 3 heterocycles. The Kier molecular flexibility index (Phi) is 28.4. The van der Waals surface area contributed by atoms with Gasteiger partial charge in [0.15, 0.2) is 17.3 Å². The van der Waals surface area contributed by atoms with Gasteiger partial charge in [-0.25, -0.2) is 24.5 Å². The molecule has 0 atom stereocenters. The number of hydrogen-bond acceptors (Lipinski definition) is 18. The van der Waals surface area contributed by atoms with E-state index in [-0.39, 0.29) is 61.6 Å². The number of nitrogen functional groups attached to an aromatic ring is 3. The Morgan fingerprint density at radius 1 is 0.440 bits per heavy atom. The molecule has 3 aromatic heterocycles. The predicted molar refractivity (Wildman–Crippen MR) is 321 cm³/mol. The molecule has 0 bridgehead atoms. The van der Waals surface area contributed by atoms with E-state index in [1.165, 1.54) is 103 Å². The van der Waals surface area contributed by atoms with E-state index in [4.69, 9.17) is 54.3 Å². The van der Waals surface area contributed by atoms with Crippen molar-refractivity contribution in [1.29, 1.82) is 0 Å². The van der Waals surface area contributed by atoms with Crippen LogP contribution in [0.15, 0.2) is 159 Å². The Morgan fingerprint density at radius 3 is 1.08 bits per heavy atom. The van der Waals surface area contributed by atoms with E-state index >= 15 is 0 Å². The molecule has 0 aliphatic heterocycles. The number of nitrogens with zero attached hydrogens (tertiary/aromatic N) is 5. The Hall–Kier alpha value is -9.32. The molecule has 0 fully saturated rings. The molecule has 0 saturated heterocycles. The highest BCUT2D eigenvalue weighted by molar-refractivity contribution is 9.11. The molecule has 0 radical (unpaired) electrons. The summed E-state index contributed by atoms with van der Waals surface area (Å²) in [7, 11) is 0. The third-order valence-electron chi connectivity index (χ3n) is 10.9. The SMILES string of the molecule is FC(F)(F)c1cccc(Cl)n1.Nc1cc(-c2cccc(C(F)(F)F)n2)ccc1C(=O)CO.Nc1cc(-c2cccc(C(F)(F)F)n2)ccc1C(=O)O.Nc1cc(Br)ccc1C(=O)CO.O=C(CO)c1ccc(Br)cc1[N+](=O)[O-].O=C(O)c1ccc(Br)cc1[N+](=O)[O-]. The smallest absolute Gasteiger partial charge is 0.433 e. The summed E-state index contributed by atoms with van der Waals surface area (Å²) in [5.74, 6) is -4.09. The van der Waals surface area contributed by atoms with Crippen molar-refractivity contribution in [2.45, 2.75) is 18.5 Å². The number of nitrogens with two attached hydrogens (primary N) is 3. The summed E-state index contributed by atoms with van der Waals surface area (Å²) in [6.45, 7) is -1.93. The first kappa shape index (κ1) is 75.9. The number of aliphatic hydroxyl groups excluding tert-OH is 3. The van der Waals surface area contributed by atoms with Crippen LogP contribution in [0.4, 0.5) is 68.0 Å². The first-order chi connectivity index (χ1) is 42.3. The molecule has 8 aromatic rings. The summed E-state index contributed by atoms with van der Waals surface area (Å²) in [5, 5.41) is 64.1. The fourth-order valence-electron chi connectivity index (χ4n) is 6.74. The fourth-order valence-corrected chi connectivity index (χ4v) is 7.98. The van der Waals surface area contributed by atoms with Crippen LogP contribution in [-0.4, -0.2) is 99.4 Å². The maximum Gasteiger partial charge on any atom is 0.433 e. The van der Waals surface area contributed by atoms with Gasteiger partial charge in [-0.3, -0.25) is 34.6 Å². The van der Waals surface area contributed by atoms with Crippen LogP contribution in [0, 0.1) is 20.2 Å². The molecule has 35 heteroatoms. The van der Waals surface area contributed by atoms with E-state index in [0.717, 1.165) is 28.7 Å². The van der Waals surface area contributed by atoms with Crippen molar-refractivity contribution in [2.75, 3.05) is 37.0 Å². The van der Waals surface area contributed by atoms with E-state index in [0.29, 0.717) is 31.3 Å². The average molecular weight is 1500 g/mol. The summed E-state index contributed by atoms with van der Waals surface area (Å²) in [6, 6.07) is 31.1. The van der Waals surface area contributed by atoms with Crippen molar-refractivity contribution < 1.29 is 98.9 Å². The number of ketones is 3. The number of carboxylic acids is 2. The van der Waals surface area contributed by atoms with E-state index in [9.17, 15) is 83.7 Å². The number of carbonyl (C=O) groups excluding carboxylic acids is 3. The number of carbonyl (C=O) groups is 5. The first-order valence-corrected chi connectivity index (χ1v) is 27.0. The molecule has 480 valence electrons. The molecule has 8 rings (SSSR count). The number of hydrogen-bond donors (Lipinski definition) is 8. The molecule has 0 spiro atoms. The molecule has 5 aromatic carbocycles. The van der Waals surface area contributed by atoms with Gasteiger partial charge >= 0.3 is 30.5 Å². The summed E-state index contributed by atoms with van der Waals surface area (Å²) in [4.78, 5) is 84.5. The molecular weight excluding hydrogens is 1450 g/mol. The van der Waals surface area contributed by atoms with Crippen molar-refractivity contribution in [3.63, 3.8) is 0 Å². The Balaban J connectivity index is 0.000000290. The summed E-state index contributed by atoms with van der Waals surface area (Å²) >= 11 is 14.5. The number of carboxylic acid groups (broad SMARTS) is 2. The van der Waals surface area contributed by atoms with Gasteiger partial charge in [0, 0.05) is 64.9 Å². The molecule has 22 nitrogen and oxygen atoms in total. The van der Waals surface area contributed by atoms with Gasteiger partial charge in [-0.1, -0.05) is 89.7 Å². The maximum atomic E-state index is 12.6. The number of aliphatic hydroxyl groups is 3. The monoisotopic (exact) mass is 1490 g/mol. The number of aromatic carboxylic acids is 2. The van der Waals surface area contributed by atoms with E-state index in [1.54, 1.807) is 18.2 Å². The van der Waals surface area contributed by atoms with Crippen LogP contribution in [0.5, 0.6) is 0 Å². The van der Waals surface area contributed by atoms with Crippen LogP contribution in [-0.2, 0) is 18.5 Å². The summed E-state index contributed by atoms with van der Waals surface area (Å²) < 4.78 is 113. The highest BCUT2D eigenvalue weighted by Gasteiger charge is 2.34. The second-order valence-corrected chi connectivity index (χ2v) is 20.3. The van der Waals surface area contributed by atoms with E-state index < -0.39 is 94.5 Å². The van der Waals surface area contributed by atoms with Gasteiger partial charge in [-0.15, -0.1) is 0 Å². The second-order valence-electron chi connectivity index (χ2n) is 17.2. The van der Waals surface area contributed by atoms with Gasteiger partial charge in [-0.05, 0) is 103 Å². The second kappa shape index (κ2) is 34.0. The topological polar surface area (TPSA) is 390 Å². The lowest BCUT2D eigenvalue weighted by molar-refractivity contribution is -0.385. The van der Waals surface area contributed by atoms with Crippen LogP contribution < -0.4 is 17.2 Å². The molecular formula is C56H41Br3ClF9N8O14. The number of benzene rings is 5. The van der Waals surface area contributed by atoms with Crippen LogP contribution in [0.3, 0.4) is 0 Å². The lowest BCUT2D eigenvalue weighted by atomic mass is 10.0. The summed E-state index contributed by atoms with van der Waals surface area (Å²) in [6.07, 6.45) is -13.5. The molecule has 0 aliphatic rings. The number of halogens is 13. The molecule has 0 unspecified atom stereocenters. The zero-order valence-corrected chi connectivity index (χ0v) is 50.8. The third kappa shape index (κ3) is 23.5. The third-order valence-corrected chi connectivity index (χ3v) is 12.6. The van der Waals surface area contributed by atoms with Crippen LogP contribution in [0.2, 0.25) is 5.15 Å². The quantitative estimate of drug-likeness (QED) is 0.0141. The van der Waals surface area contributed by atoms with Crippen LogP contribution in [0.1, 0.15) is 68.9 Å². The number of pyridine rings is 3. The van der Waals surface area contributed by atoms with Crippen LogP contribution in [0.25, 0.3) is 22.5 Å². The van der Waals surface area contributed by atoms with Gasteiger partial charge in [0.25, 0.3) is 11.4 Å². The lowest BCUT2D eigenvalue weighted by Crippen LogP contribution is -2.09. The van der Waals surface area contributed by atoms with E-state index in [2.05, 4.69) is 62.7 Å². The predicted octanol–water partition coefficient (Wildman–Crippen LogP) is 13.1. The zero-order valence-electron chi connectivity index (χ0n) is 45.3. The van der Waals surface area contributed by atoms with Gasteiger partial charge < -0.3 is 42.7 Å². The minimum absolute atomic E-state index is 0.0331. The standard InChI is InChI=1S/C14H11F3N2O2.C13H9F3N2O2.C8H6BrNO4.C8H8BrNO2.C7H4BrNO4.C6H3ClF3N/c15-14(16,17)13-3-1-2-11(19-13)8-4-5-9(10(18)6-8)12(21)7-20;14-13(15,16)11-3-1-2-10(18-11)7-4-5-8(12(19)20)9(17)6-7;9-5-1-2-6(8(12)4-11)7(3-5)10(13)14;9-5-1-2-6(7(10)3-5)8(12)4-11;8-4-1-2-5(7(10)11)6(3-4)9(12)13;7-5-3-1-2-4(11-5)6(8,9)10/h1-6,20H,7,18H2;1-6H,17H2,(H,19,20);1-3,11H,4H2;1-3,11H,4,10H2;1-3H,(H,10,11);1-3H. The average Bonchev–Trinajstić information content (AvgIpc) is 0.967. The number of aromatic nitrogens is 3. The Labute approximate surface area is 535 Å². The number of anilines is 3. The minimum atomic E-state index is -4.54. The van der Waals surface area contributed by atoms with Gasteiger partial charge in [0.1, 0.15) is 47.6 Å². The minimum Gasteiger partial charge on any atom is -0.478 e.